The molecular weight excluding hydrogens is 467 g/mol. The van der Waals surface area contributed by atoms with Gasteiger partial charge in [0.1, 0.15) is 18.2 Å². The number of carbonyl (C=O) groups is 1. The number of nitrogens with two attached hydrogens (primary N) is 1. The molecular formula is C24H25FN8O3. The Hall–Kier alpha value is -4.61. The summed E-state index contributed by atoms with van der Waals surface area (Å²) >= 11 is 0. The molecule has 3 N–H and O–H groups in total. The normalized spacial score (nSPS) is 10.9. The van der Waals surface area contributed by atoms with Gasteiger partial charge in [-0.3, -0.25) is 24.0 Å². The molecule has 2 heterocycles. The molecule has 12 heteroatoms. The Bertz CT molecular complexity index is 1460. The molecule has 0 saturated heterocycles. The first-order valence-corrected chi connectivity index (χ1v) is 11.4. The number of hydrogen-bond acceptors (Lipinski definition) is 7. The second-order valence-electron chi connectivity index (χ2n) is 8.11. The van der Waals surface area contributed by atoms with E-state index >= 15 is 0 Å². The van der Waals surface area contributed by atoms with Crippen LogP contribution in [0, 0.1) is 5.82 Å². The largest absolute Gasteiger partial charge is 0.383 e. The van der Waals surface area contributed by atoms with E-state index in [0.29, 0.717) is 18.5 Å². The number of hydrogen-bond donors (Lipinski definition) is 2. The molecule has 4 rings (SSSR count). The fourth-order valence-corrected chi connectivity index (χ4v) is 3.67. The number of rotatable bonds is 9. The van der Waals surface area contributed by atoms with Crippen LogP contribution in [-0.4, -0.2) is 35.7 Å². The summed E-state index contributed by atoms with van der Waals surface area (Å²) in [6.07, 6.45) is 1.47. The molecule has 2 aromatic carbocycles. The number of amides is 1. The van der Waals surface area contributed by atoms with Gasteiger partial charge in [0.05, 0.1) is 6.54 Å². The summed E-state index contributed by atoms with van der Waals surface area (Å²) in [5.74, 6) is -0.830. The average molecular weight is 493 g/mol. The molecule has 0 fully saturated rings. The van der Waals surface area contributed by atoms with Gasteiger partial charge in [0.2, 0.25) is 5.82 Å². The van der Waals surface area contributed by atoms with Crippen LogP contribution in [0.5, 0.6) is 0 Å². The molecule has 0 saturated carbocycles. The fourth-order valence-electron chi connectivity index (χ4n) is 3.67. The molecule has 0 atom stereocenters. The number of aromatic amines is 1. The van der Waals surface area contributed by atoms with Crippen molar-refractivity contribution < 1.29 is 9.18 Å². The van der Waals surface area contributed by atoms with Crippen molar-refractivity contribution in [1.29, 1.82) is 0 Å². The minimum Gasteiger partial charge on any atom is -0.383 e. The summed E-state index contributed by atoms with van der Waals surface area (Å²) in [6, 6.07) is 14.6. The van der Waals surface area contributed by atoms with Crippen LogP contribution in [0.15, 0.2) is 64.2 Å². The van der Waals surface area contributed by atoms with E-state index in [9.17, 15) is 18.8 Å². The lowest BCUT2D eigenvalue weighted by atomic mass is 10.2. The first kappa shape index (κ1) is 24.5. The van der Waals surface area contributed by atoms with Gasteiger partial charge < -0.3 is 5.73 Å². The molecule has 0 unspecified atom stereocenters. The van der Waals surface area contributed by atoms with Gasteiger partial charge in [0.25, 0.3) is 11.5 Å². The molecule has 4 aromatic rings. The number of anilines is 2. The lowest BCUT2D eigenvalue weighted by Crippen LogP contribution is -2.42. The van der Waals surface area contributed by atoms with Crippen molar-refractivity contribution in [3.63, 3.8) is 0 Å². The Morgan fingerprint density at radius 1 is 1.11 bits per heavy atom. The van der Waals surface area contributed by atoms with Crippen LogP contribution in [0.25, 0.3) is 11.4 Å². The van der Waals surface area contributed by atoms with Gasteiger partial charge >= 0.3 is 5.69 Å². The van der Waals surface area contributed by atoms with E-state index in [-0.39, 0.29) is 30.4 Å². The van der Waals surface area contributed by atoms with Crippen molar-refractivity contribution in [2.24, 2.45) is 0 Å². The van der Waals surface area contributed by atoms with Gasteiger partial charge in [-0.1, -0.05) is 43.7 Å². The molecule has 0 aliphatic rings. The van der Waals surface area contributed by atoms with Gasteiger partial charge in [0, 0.05) is 12.1 Å². The zero-order valence-electron chi connectivity index (χ0n) is 19.6. The second kappa shape index (κ2) is 10.8. The number of nitrogen functional groups attached to an aromatic ring is 1. The maximum Gasteiger partial charge on any atom is 0.330 e. The Kier molecular flexibility index (Phi) is 7.33. The number of nitrogens with zero attached hydrogens (tertiary/aromatic N) is 6. The smallest absolute Gasteiger partial charge is 0.330 e. The zero-order chi connectivity index (χ0) is 25.7. The number of nitrogens with one attached hydrogen (secondary N) is 1. The quantitative estimate of drug-likeness (QED) is 0.363. The third-order valence-corrected chi connectivity index (χ3v) is 5.54. The highest BCUT2D eigenvalue weighted by Crippen LogP contribution is 2.21. The number of halogens is 1. The summed E-state index contributed by atoms with van der Waals surface area (Å²) in [5, 5.41) is 12.0. The van der Waals surface area contributed by atoms with Crippen LogP contribution in [0.3, 0.4) is 0 Å². The SMILES string of the molecule is CCCCn1c(N)c(N(Cc2ccccc2)C(=O)Cn2nnc(-c3ccc(F)cc3)n2)c(=O)[nH]c1=O. The van der Waals surface area contributed by atoms with Gasteiger partial charge in [0.15, 0.2) is 5.69 Å². The van der Waals surface area contributed by atoms with E-state index in [4.69, 9.17) is 5.73 Å². The van der Waals surface area contributed by atoms with Crippen LogP contribution in [0.2, 0.25) is 0 Å². The highest BCUT2D eigenvalue weighted by molar-refractivity contribution is 5.95. The molecule has 0 spiro atoms. The number of benzene rings is 2. The molecule has 0 bridgehead atoms. The monoisotopic (exact) mass is 492 g/mol. The Morgan fingerprint density at radius 2 is 1.83 bits per heavy atom. The Morgan fingerprint density at radius 3 is 2.53 bits per heavy atom. The van der Waals surface area contributed by atoms with Crippen LogP contribution < -0.4 is 21.9 Å². The van der Waals surface area contributed by atoms with Crippen molar-refractivity contribution in [3.05, 3.63) is 86.8 Å². The first-order valence-electron chi connectivity index (χ1n) is 11.4. The molecule has 0 aliphatic heterocycles. The van der Waals surface area contributed by atoms with Gasteiger partial charge in [-0.2, -0.15) is 4.80 Å². The summed E-state index contributed by atoms with van der Waals surface area (Å²) < 4.78 is 14.5. The van der Waals surface area contributed by atoms with Crippen molar-refractivity contribution >= 4 is 17.4 Å². The molecule has 0 radical (unpaired) electrons. The molecule has 0 aliphatic carbocycles. The molecule has 11 nitrogen and oxygen atoms in total. The summed E-state index contributed by atoms with van der Waals surface area (Å²) in [4.78, 5) is 43.3. The van der Waals surface area contributed by atoms with E-state index in [2.05, 4.69) is 20.4 Å². The predicted octanol–water partition coefficient (Wildman–Crippen LogP) is 1.94. The standard InChI is InChI=1S/C24H25FN8O3/c1-2-3-13-31-21(26)20(23(35)27-24(31)36)32(14-16-7-5-4-6-8-16)19(34)15-33-29-22(28-30-33)17-9-11-18(25)12-10-17/h4-12H,2-3,13-15,26H2,1H3,(H,27,35,36). The zero-order valence-corrected chi connectivity index (χ0v) is 19.6. The van der Waals surface area contributed by atoms with Crippen molar-refractivity contribution in [1.82, 2.24) is 29.8 Å². The predicted molar refractivity (Wildman–Crippen MR) is 131 cm³/mol. The highest BCUT2D eigenvalue weighted by atomic mass is 19.1. The first-order chi connectivity index (χ1) is 17.4. The minimum absolute atomic E-state index is 0.0262. The summed E-state index contributed by atoms with van der Waals surface area (Å²) in [7, 11) is 0. The summed E-state index contributed by atoms with van der Waals surface area (Å²) in [6.45, 7) is 1.93. The maximum atomic E-state index is 13.5. The van der Waals surface area contributed by atoms with Crippen LogP contribution in [0.1, 0.15) is 25.3 Å². The molecule has 36 heavy (non-hydrogen) atoms. The van der Waals surface area contributed by atoms with Gasteiger partial charge in [-0.15, -0.1) is 10.2 Å². The molecule has 186 valence electrons. The van der Waals surface area contributed by atoms with Gasteiger partial charge in [-0.05, 0) is 41.5 Å². The number of tetrazole rings is 1. The van der Waals surface area contributed by atoms with E-state index in [1.165, 1.54) is 33.7 Å². The van der Waals surface area contributed by atoms with E-state index in [1.54, 1.807) is 12.1 Å². The average Bonchev–Trinajstić information content (AvgIpc) is 3.32. The third-order valence-electron chi connectivity index (χ3n) is 5.54. The Labute approximate surface area is 205 Å². The maximum absolute atomic E-state index is 13.5. The molecule has 1 amide bonds. The van der Waals surface area contributed by atoms with Crippen LogP contribution in [0.4, 0.5) is 15.9 Å². The fraction of sp³-hybridized carbons (Fsp3) is 0.250. The topological polar surface area (TPSA) is 145 Å². The van der Waals surface area contributed by atoms with Crippen LogP contribution >= 0.6 is 0 Å². The lowest BCUT2D eigenvalue weighted by Gasteiger charge is -2.24. The molecule has 2 aromatic heterocycles. The van der Waals surface area contributed by atoms with Gasteiger partial charge in [-0.25, -0.2) is 9.18 Å². The van der Waals surface area contributed by atoms with E-state index in [1.807, 2.05) is 25.1 Å². The van der Waals surface area contributed by atoms with Crippen LogP contribution in [-0.2, 0) is 24.4 Å². The highest BCUT2D eigenvalue weighted by Gasteiger charge is 2.25. The minimum atomic E-state index is -0.770. The van der Waals surface area contributed by atoms with Crippen molar-refractivity contribution in [3.8, 4) is 11.4 Å². The van der Waals surface area contributed by atoms with E-state index < -0.39 is 23.0 Å². The second-order valence-corrected chi connectivity index (χ2v) is 8.11. The summed E-state index contributed by atoms with van der Waals surface area (Å²) in [5.41, 5.74) is 6.01. The number of carbonyl (C=O) groups excluding carboxylic acids is 1. The van der Waals surface area contributed by atoms with E-state index in [0.717, 1.165) is 16.8 Å². The number of H-pyrrole nitrogens is 1. The van der Waals surface area contributed by atoms with Crippen molar-refractivity contribution in [2.75, 3.05) is 10.6 Å². The Balaban J connectivity index is 1.69. The third kappa shape index (κ3) is 5.37. The number of aromatic nitrogens is 6. The van der Waals surface area contributed by atoms with Crippen molar-refractivity contribution in [2.45, 2.75) is 39.4 Å². The number of unbranched alkanes of at least 4 members (excludes halogenated alkanes) is 1. The lowest BCUT2D eigenvalue weighted by molar-refractivity contribution is -0.119.